The molecule has 13 heavy (non-hydrogen) atoms. The van der Waals surface area contributed by atoms with Crippen molar-refractivity contribution in [3.63, 3.8) is 0 Å². The summed E-state index contributed by atoms with van der Waals surface area (Å²) in [5, 5.41) is 5.31. The molecule has 0 N–H and O–H groups in total. The van der Waals surface area contributed by atoms with Crippen LogP contribution in [0.2, 0.25) is 0 Å². The zero-order valence-corrected chi connectivity index (χ0v) is 7.60. The Balaban J connectivity index is 2.61. The third-order valence-electron chi connectivity index (χ3n) is 1.79. The zero-order chi connectivity index (χ0) is 9.26. The summed E-state index contributed by atoms with van der Waals surface area (Å²) < 4.78 is 1.78. The molecule has 0 bridgehead atoms. The van der Waals surface area contributed by atoms with Gasteiger partial charge in [0.05, 0.1) is 11.9 Å². The quantitative estimate of drug-likeness (QED) is 0.606. The second-order valence-corrected chi connectivity index (χ2v) is 2.86. The molecule has 0 aliphatic carbocycles. The van der Waals surface area contributed by atoms with Crippen molar-refractivity contribution in [3.8, 4) is 0 Å². The van der Waals surface area contributed by atoms with E-state index in [1.165, 1.54) is 0 Å². The van der Waals surface area contributed by atoms with Crippen molar-refractivity contribution in [1.82, 2.24) is 14.8 Å². The first-order valence-electron chi connectivity index (χ1n) is 4.01. The number of hydrogen-bond acceptors (Lipinski definition) is 3. The minimum atomic E-state index is 0.864. The molecule has 4 nitrogen and oxygen atoms in total. The summed E-state index contributed by atoms with van der Waals surface area (Å²) in [6.45, 7) is 0. The first-order valence-corrected chi connectivity index (χ1v) is 4.01. The molecule has 0 saturated carbocycles. The van der Waals surface area contributed by atoms with Crippen LogP contribution in [0, 0.1) is 0 Å². The topological polar surface area (TPSA) is 43.1 Å². The largest absolute Gasteiger partial charge is 0.294 e. The maximum absolute atomic E-state index is 4.22. The maximum Gasteiger partial charge on any atom is 0.111 e. The van der Waals surface area contributed by atoms with Crippen LogP contribution < -0.4 is 0 Å². The monoisotopic (exact) mass is 174 g/mol. The van der Waals surface area contributed by atoms with Gasteiger partial charge in [-0.15, -0.1) is 0 Å². The summed E-state index contributed by atoms with van der Waals surface area (Å²) in [5.41, 5.74) is 1.78. The lowest BCUT2D eigenvalue weighted by molar-refractivity contribution is 0.779. The van der Waals surface area contributed by atoms with Gasteiger partial charge in [0.15, 0.2) is 0 Å². The third-order valence-corrected chi connectivity index (χ3v) is 1.79. The van der Waals surface area contributed by atoms with Gasteiger partial charge in [-0.2, -0.15) is 5.10 Å². The van der Waals surface area contributed by atoms with E-state index in [4.69, 9.17) is 0 Å². The molecule has 0 radical (unpaired) electrons. The normalized spacial score (nSPS) is 11.5. The smallest absolute Gasteiger partial charge is 0.111 e. The number of aliphatic imine (C=N–C) groups is 1. The Morgan fingerprint density at radius 1 is 1.54 bits per heavy atom. The van der Waals surface area contributed by atoms with Gasteiger partial charge >= 0.3 is 0 Å². The van der Waals surface area contributed by atoms with E-state index in [9.17, 15) is 0 Å². The van der Waals surface area contributed by atoms with Crippen molar-refractivity contribution < 1.29 is 0 Å². The molecule has 0 aromatic carbocycles. The van der Waals surface area contributed by atoms with Crippen LogP contribution in [0.15, 0.2) is 23.5 Å². The van der Waals surface area contributed by atoms with Crippen molar-refractivity contribution in [2.75, 3.05) is 7.05 Å². The molecule has 2 aromatic heterocycles. The van der Waals surface area contributed by atoms with E-state index >= 15 is 0 Å². The SMILES string of the molecule is CN=Cc1cc2cn(C)nc2cn1. The molecule has 2 rings (SSSR count). The molecule has 0 aliphatic rings. The van der Waals surface area contributed by atoms with Crippen LogP contribution >= 0.6 is 0 Å². The summed E-state index contributed by atoms with van der Waals surface area (Å²) >= 11 is 0. The van der Waals surface area contributed by atoms with Crippen molar-refractivity contribution in [2.24, 2.45) is 12.0 Å². The van der Waals surface area contributed by atoms with Gasteiger partial charge < -0.3 is 0 Å². The average molecular weight is 174 g/mol. The lowest BCUT2D eigenvalue weighted by Gasteiger charge is -1.89. The van der Waals surface area contributed by atoms with Crippen LogP contribution in [0.4, 0.5) is 0 Å². The maximum atomic E-state index is 4.22. The predicted molar refractivity (Wildman–Crippen MR) is 52.0 cm³/mol. The number of nitrogens with zero attached hydrogens (tertiary/aromatic N) is 4. The van der Waals surface area contributed by atoms with Crippen molar-refractivity contribution >= 4 is 17.1 Å². The third kappa shape index (κ3) is 1.42. The second-order valence-electron chi connectivity index (χ2n) is 2.86. The van der Waals surface area contributed by atoms with Crippen LogP contribution in [0.5, 0.6) is 0 Å². The molecule has 4 heteroatoms. The van der Waals surface area contributed by atoms with Gasteiger partial charge in [0, 0.05) is 31.9 Å². The minimum absolute atomic E-state index is 0.864. The number of aryl methyl sites for hydroxylation is 1. The van der Waals surface area contributed by atoms with Crippen molar-refractivity contribution in [1.29, 1.82) is 0 Å². The second kappa shape index (κ2) is 2.97. The molecule has 0 aliphatic heterocycles. The van der Waals surface area contributed by atoms with Gasteiger partial charge in [-0.3, -0.25) is 14.7 Å². The Bertz CT molecular complexity index is 456. The van der Waals surface area contributed by atoms with Crippen molar-refractivity contribution in [2.45, 2.75) is 0 Å². The highest BCUT2D eigenvalue weighted by molar-refractivity contribution is 5.85. The summed E-state index contributed by atoms with van der Waals surface area (Å²) in [5.74, 6) is 0. The molecule has 0 spiro atoms. The van der Waals surface area contributed by atoms with Crippen LogP contribution in [-0.2, 0) is 7.05 Å². The Hall–Kier alpha value is -1.71. The number of aromatic nitrogens is 3. The molecular weight excluding hydrogens is 164 g/mol. The summed E-state index contributed by atoms with van der Waals surface area (Å²) in [6, 6.07) is 1.97. The standard InChI is InChI=1S/C9H10N4/c1-10-4-8-3-7-6-13(2)12-9(7)5-11-8/h3-6H,1-2H3. The zero-order valence-electron chi connectivity index (χ0n) is 7.60. The summed E-state index contributed by atoms with van der Waals surface area (Å²) in [7, 11) is 3.63. The van der Waals surface area contributed by atoms with E-state index in [2.05, 4.69) is 15.1 Å². The van der Waals surface area contributed by atoms with E-state index < -0.39 is 0 Å². The highest BCUT2D eigenvalue weighted by Crippen LogP contribution is 2.10. The summed E-state index contributed by atoms with van der Waals surface area (Å²) in [4.78, 5) is 8.09. The Labute approximate surface area is 75.9 Å². The molecule has 66 valence electrons. The number of fused-ring (bicyclic) bond motifs is 1. The molecule has 0 fully saturated rings. The Kier molecular flexibility index (Phi) is 1.81. The van der Waals surface area contributed by atoms with Gasteiger partial charge in [-0.1, -0.05) is 0 Å². The highest BCUT2D eigenvalue weighted by Gasteiger charge is 1.98. The number of pyridine rings is 1. The van der Waals surface area contributed by atoms with E-state index in [0.717, 1.165) is 16.6 Å². The fraction of sp³-hybridized carbons (Fsp3) is 0.222. The van der Waals surface area contributed by atoms with Crippen LogP contribution in [0.25, 0.3) is 10.9 Å². The van der Waals surface area contributed by atoms with E-state index in [1.807, 2.05) is 19.3 Å². The van der Waals surface area contributed by atoms with Crippen LogP contribution in [0.3, 0.4) is 0 Å². The number of hydrogen-bond donors (Lipinski definition) is 0. The minimum Gasteiger partial charge on any atom is -0.294 e. The average Bonchev–Trinajstić information content (AvgIpc) is 2.44. The van der Waals surface area contributed by atoms with Crippen LogP contribution in [-0.4, -0.2) is 28.0 Å². The van der Waals surface area contributed by atoms with E-state index in [0.29, 0.717) is 0 Å². The number of rotatable bonds is 1. The van der Waals surface area contributed by atoms with E-state index in [-0.39, 0.29) is 0 Å². The van der Waals surface area contributed by atoms with Gasteiger partial charge in [-0.05, 0) is 6.07 Å². The molecule has 0 amide bonds. The molecule has 2 heterocycles. The highest BCUT2D eigenvalue weighted by atomic mass is 15.2. The Morgan fingerprint density at radius 2 is 2.38 bits per heavy atom. The first kappa shape index (κ1) is 7.91. The Morgan fingerprint density at radius 3 is 3.15 bits per heavy atom. The lowest BCUT2D eigenvalue weighted by Crippen LogP contribution is -1.86. The molecule has 2 aromatic rings. The van der Waals surface area contributed by atoms with Gasteiger partial charge in [-0.25, -0.2) is 0 Å². The lowest BCUT2D eigenvalue weighted by atomic mass is 10.3. The molecule has 0 atom stereocenters. The van der Waals surface area contributed by atoms with Gasteiger partial charge in [0.1, 0.15) is 5.52 Å². The van der Waals surface area contributed by atoms with Crippen LogP contribution in [0.1, 0.15) is 5.69 Å². The van der Waals surface area contributed by atoms with E-state index in [1.54, 1.807) is 24.1 Å². The fourth-order valence-corrected chi connectivity index (χ4v) is 1.27. The molecular formula is C9H10N4. The van der Waals surface area contributed by atoms with Crippen molar-refractivity contribution in [3.05, 3.63) is 24.2 Å². The molecule has 0 saturated heterocycles. The van der Waals surface area contributed by atoms with Gasteiger partial charge in [0.25, 0.3) is 0 Å². The predicted octanol–water partition coefficient (Wildman–Crippen LogP) is 1.02. The summed E-state index contributed by atoms with van der Waals surface area (Å²) in [6.07, 6.45) is 5.45. The first-order chi connectivity index (χ1) is 6.29. The van der Waals surface area contributed by atoms with Gasteiger partial charge in [0.2, 0.25) is 0 Å². The molecule has 0 unspecified atom stereocenters. The fourth-order valence-electron chi connectivity index (χ4n) is 1.27.